The van der Waals surface area contributed by atoms with E-state index in [9.17, 15) is 5.11 Å². The molecule has 2 unspecified atom stereocenters. The second-order valence-electron chi connectivity index (χ2n) is 3.55. The van der Waals surface area contributed by atoms with E-state index in [2.05, 4.69) is 0 Å². The van der Waals surface area contributed by atoms with E-state index in [1.165, 1.54) is 7.11 Å². The van der Waals surface area contributed by atoms with E-state index in [0.717, 1.165) is 12.0 Å². The Morgan fingerprint density at radius 3 is 2.71 bits per heavy atom. The quantitative estimate of drug-likeness (QED) is 0.789. The van der Waals surface area contributed by atoms with E-state index in [4.69, 9.17) is 22.1 Å². The van der Waals surface area contributed by atoms with Crippen LogP contribution in [0.2, 0.25) is 5.02 Å². The van der Waals surface area contributed by atoms with E-state index in [1.807, 2.05) is 0 Å². The fourth-order valence-electron chi connectivity index (χ4n) is 1.60. The topological polar surface area (TPSA) is 55.5 Å². The lowest BCUT2D eigenvalue weighted by molar-refractivity contribution is 0.370. The van der Waals surface area contributed by atoms with Crippen molar-refractivity contribution in [2.24, 2.45) is 5.73 Å². The predicted molar refractivity (Wildman–Crippen MR) is 55.0 cm³/mol. The normalized spacial score (nSPS) is 24.8. The van der Waals surface area contributed by atoms with Crippen LogP contribution in [0.15, 0.2) is 12.1 Å². The summed E-state index contributed by atoms with van der Waals surface area (Å²) < 4.78 is 5.00. The minimum atomic E-state index is 0.143. The minimum Gasteiger partial charge on any atom is -0.504 e. The van der Waals surface area contributed by atoms with Gasteiger partial charge >= 0.3 is 0 Å². The molecule has 1 aromatic rings. The predicted octanol–water partition coefficient (Wildman–Crippen LogP) is 1.87. The highest BCUT2D eigenvalue weighted by Gasteiger charge is 2.37. The van der Waals surface area contributed by atoms with E-state index in [-0.39, 0.29) is 17.7 Å². The Morgan fingerprint density at radius 1 is 1.57 bits per heavy atom. The molecular formula is C10H12ClNO2. The maximum absolute atomic E-state index is 9.80. The zero-order valence-electron chi connectivity index (χ0n) is 7.83. The number of nitrogens with two attached hydrogens (primary N) is 1. The van der Waals surface area contributed by atoms with Gasteiger partial charge in [0.15, 0.2) is 11.5 Å². The van der Waals surface area contributed by atoms with Gasteiger partial charge in [0.05, 0.1) is 7.11 Å². The fraction of sp³-hybridized carbons (Fsp3) is 0.400. The first-order valence-corrected chi connectivity index (χ1v) is 4.83. The molecule has 0 radical (unpaired) electrons. The Kier molecular flexibility index (Phi) is 2.29. The summed E-state index contributed by atoms with van der Waals surface area (Å²) in [6, 6.07) is 3.48. The number of benzene rings is 1. The molecule has 2 atom stereocenters. The van der Waals surface area contributed by atoms with Gasteiger partial charge in [-0.3, -0.25) is 0 Å². The molecule has 0 bridgehead atoms. The molecule has 76 valence electrons. The number of phenols is 1. The van der Waals surface area contributed by atoms with Crippen molar-refractivity contribution >= 4 is 11.6 Å². The molecule has 4 heteroatoms. The average molecular weight is 214 g/mol. The van der Waals surface area contributed by atoms with Crippen molar-refractivity contribution in [3.63, 3.8) is 0 Å². The third kappa shape index (κ3) is 1.53. The van der Waals surface area contributed by atoms with Crippen molar-refractivity contribution in [3.8, 4) is 11.5 Å². The Morgan fingerprint density at radius 2 is 2.21 bits per heavy atom. The smallest absolute Gasteiger partial charge is 0.162 e. The van der Waals surface area contributed by atoms with Crippen LogP contribution < -0.4 is 10.5 Å². The first-order valence-electron chi connectivity index (χ1n) is 4.45. The molecule has 1 aliphatic carbocycles. The van der Waals surface area contributed by atoms with Gasteiger partial charge in [0.25, 0.3) is 0 Å². The highest BCUT2D eigenvalue weighted by Crippen LogP contribution is 2.47. The number of aromatic hydroxyl groups is 1. The van der Waals surface area contributed by atoms with Gasteiger partial charge in [-0.2, -0.15) is 0 Å². The van der Waals surface area contributed by atoms with Crippen molar-refractivity contribution in [3.05, 3.63) is 22.7 Å². The molecule has 3 N–H and O–H groups in total. The molecule has 14 heavy (non-hydrogen) atoms. The minimum absolute atomic E-state index is 0.143. The van der Waals surface area contributed by atoms with Crippen molar-refractivity contribution in [2.45, 2.75) is 18.4 Å². The van der Waals surface area contributed by atoms with Crippen LogP contribution in [-0.4, -0.2) is 18.3 Å². The van der Waals surface area contributed by atoms with Crippen LogP contribution in [0, 0.1) is 0 Å². The van der Waals surface area contributed by atoms with Gasteiger partial charge in [-0.15, -0.1) is 0 Å². The number of methoxy groups -OCH3 is 1. The largest absolute Gasteiger partial charge is 0.504 e. The molecule has 0 aliphatic heterocycles. The first-order chi connectivity index (χ1) is 6.63. The first kappa shape index (κ1) is 9.62. The maximum atomic E-state index is 9.80. The summed E-state index contributed by atoms with van der Waals surface area (Å²) in [7, 11) is 1.50. The molecule has 0 amide bonds. The molecule has 0 saturated heterocycles. The number of hydrogen-bond donors (Lipinski definition) is 2. The zero-order valence-corrected chi connectivity index (χ0v) is 8.58. The van der Waals surface area contributed by atoms with Gasteiger partial charge in [-0.25, -0.2) is 0 Å². The summed E-state index contributed by atoms with van der Waals surface area (Å²) in [5, 5.41) is 10.4. The summed E-state index contributed by atoms with van der Waals surface area (Å²) in [5.41, 5.74) is 6.51. The van der Waals surface area contributed by atoms with E-state index in [0.29, 0.717) is 10.8 Å². The highest BCUT2D eigenvalue weighted by atomic mass is 35.5. The summed E-state index contributed by atoms with van der Waals surface area (Å²) in [6.07, 6.45) is 0.900. The lowest BCUT2D eigenvalue weighted by Crippen LogP contribution is -2.01. The third-order valence-electron chi connectivity index (χ3n) is 2.53. The number of ether oxygens (including phenoxy) is 1. The Balaban J connectivity index is 2.43. The highest BCUT2D eigenvalue weighted by molar-refractivity contribution is 6.30. The van der Waals surface area contributed by atoms with Gasteiger partial charge in [0, 0.05) is 28.6 Å². The molecule has 2 rings (SSSR count). The average Bonchev–Trinajstić information content (AvgIpc) is 2.86. The van der Waals surface area contributed by atoms with E-state index in [1.54, 1.807) is 12.1 Å². The van der Waals surface area contributed by atoms with E-state index >= 15 is 0 Å². The standard InChI is InChI=1S/C10H12ClNO2/c1-14-9-3-5(11)2-7(10(9)13)6-4-8(6)12/h2-3,6,8,13H,4,12H2,1H3. The van der Waals surface area contributed by atoms with Crippen LogP contribution in [0.3, 0.4) is 0 Å². The van der Waals surface area contributed by atoms with Crippen LogP contribution in [0.25, 0.3) is 0 Å². The Hall–Kier alpha value is -0.930. The molecule has 1 aromatic carbocycles. The lowest BCUT2D eigenvalue weighted by atomic mass is 10.1. The Labute approximate surface area is 87.4 Å². The van der Waals surface area contributed by atoms with Gasteiger partial charge in [0.1, 0.15) is 0 Å². The monoisotopic (exact) mass is 213 g/mol. The SMILES string of the molecule is COc1cc(Cl)cc(C2CC2N)c1O. The lowest BCUT2D eigenvalue weighted by Gasteiger charge is -2.09. The number of rotatable bonds is 2. The summed E-state index contributed by atoms with van der Waals surface area (Å²) in [5.74, 6) is 0.795. The molecule has 1 fully saturated rings. The molecule has 1 saturated carbocycles. The van der Waals surface area contributed by atoms with Crippen molar-refractivity contribution in [2.75, 3.05) is 7.11 Å². The van der Waals surface area contributed by atoms with Crippen molar-refractivity contribution in [1.82, 2.24) is 0 Å². The molecule has 1 aliphatic rings. The molecule has 0 heterocycles. The van der Waals surface area contributed by atoms with Gasteiger partial charge in [-0.05, 0) is 12.5 Å². The van der Waals surface area contributed by atoms with Crippen LogP contribution >= 0.6 is 11.6 Å². The van der Waals surface area contributed by atoms with Crippen molar-refractivity contribution in [1.29, 1.82) is 0 Å². The number of phenolic OH excluding ortho intramolecular Hbond substituents is 1. The maximum Gasteiger partial charge on any atom is 0.162 e. The molecular weight excluding hydrogens is 202 g/mol. The van der Waals surface area contributed by atoms with Crippen LogP contribution in [0.5, 0.6) is 11.5 Å². The number of halogens is 1. The summed E-state index contributed by atoms with van der Waals surface area (Å²) in [4.78, 5) is 0. The van der Waals surface area contributed by atoms with Crippen LogP contribution in [0.4, 0.5) is 0 Å². The van der Waals surface area contributed by atoms with E-state index < -0.39 is 0 Å². The summed E-state index contributed by atoms with van der Waals surface area (Å²) in [6.45, 7) is 0. The van der Waals surface area contributed by atoms with Gasteiger partial charge < -0.3 is 15.6 Å². The van der Waals surface area contributed by atoms with Crippen molar-refractivity contribution < 1.29 is 9.84 Å². The molecule has 3 nitrogen and oxygen atoms in total. The third-order valence-corrected chi connectivity index (χ3v) is 2.75. The van der Waals surface area contributed by atoms with Crippen LogP contribution in [0.1, 0.15) is 17.9 Å². The summed E-state index contributed by atoms with van der Waals surface area (Å²) >= 11 is 5.89. The zero-order chi connectivity index (χ0) is 10.3. The fourth-order valence-corrected chi connectivity index (χ4v) is 1.82. The van der Waals surface area contributed by atoms with Gasteiger partial charge in [-0.1, -0.05) is 11.6 Å². The van der Waals surface area contributed by atoms with Gasteiger partial charge in [0.2, 0.25) is 0 Å². The van der Waals surface area contributed by atoms with Crippen LogP contribution in [-0.2, 0) is 0 Å². The Bertz CT molecular complexity index is 367. The second kappa shape index (κ2) is 3.33. The molecule has 0 spiro atoms. The number of hydrogen-bond acceptors (Lipinski definition) is 3. The second-order valence-corrected chi connectivity index (χ2v) is 3.99. The molecule has 0 aromatic heterocycles.